The summed E-state index contributed by atoms with van der Waals surface area (Å²) in [6, 6.07) is 11.1. The summed E-state index contributed by atoms with van der Waals surface area (Å²) in [6.07, 6.45) is 6.51. The van der Waals surface area contributed by atoms with Crippen molar-refractivity contribution in [1.29, 1.82) is 0 Å². The van der Waals surface area contributed by atoms with Crippen molar-refractivity contribution in [2.24, 2.45) is 0 Å². The summed E-state index contributed by atoms with van der Waals surface area (Å²) >= 11 is 0. The van der Waals surface area contributed by atoms with Gasteiger partial charge < -0.3 is 10.4 Å². The van der Waals surface area contributed by atoms with Gasteiger partial charge in [-0.05, 0) is 38.2 Å². The molecule has 2 N–H and O–H groups in total. The van der Waals surface area contributed by atoms with Crippen LogP contribution in [-0.2, 0) is 6.42 Å². The van der Waals surface area contributed by atoms with Crippen molar-refractivity contribution < 1.29 is 5.11 Å². The van der Waals surface area contributed by atoms with E-state index in [0.717, 1.165) is 32.2 Å². The smallest absolute Gasteiger partial charge is 0.0771 e. The quantitative estimate of drug-likeness (QED) is 0.810. The van der Waals surface area contributed by atoms with Gasteiger partial charge >= 0.3 is 0 Å². The molecule has 1 atom stereocenters. The highest BCUT2D eigenvalue weighted by Crippen LogP contribution is 2.28. The molecule has 0 heterocycles. The summed E-state index contributed by atoms with van der Waals surface area (Å²) in [4.78, 5) is 0. The lowest BCUT2D eigenvalue weighted by Gasteiger charge is -2.25. The first kappa shape index (κ1) is 13.6. The summed E-state index contributed by atoms with van der Waals surface area (Å²) < 4.78 is 0. The van der Waals surface area contributed by atoms with E-state index in [1.165, 1.54) is 18.4 Å². The fourth-order valence-corrected chi connectivity index (χ4v) is 2.70. The molecule has 1 aromatic carbocycles. The van der Waals surface area contributed by atoms with Crippen molar-refractivity contribution in [3.63, 3.8) is 0 Å². The van der Waals surface area contributed by atoms with E-state index in [-0.39, 0.29) is 0 Å². The van der Waals surface area contributed by atoms with Gasteiger partial charge in [0.15, 0.2) is 0 Å². The topological polar surface area (TPSA) is 32.3 Å². The lowest BCUT2D eigenvalue weighted by Crippen LogP contribution is -2.41. The van der Waals surface area contributed by atoms with Crippen molar-refractivity contribution in [2.75, 3.05) is 6.54 Å². The minimum absolute atomic E-state index is 0.430. The van der Waals surface area contributed by atoms with Crippen molar-refractivity contribution >= 4 is 0 Å². The van der Waals surface area contributed by atoms with Gasteiger partial charge in [0.1, 0.15) is 0 Å². The van der Waals surface area contributed by atoms with Crippen molar-refractivity contribution in [3.05, 3.63) is 35.9 Å². The predicted molar refractivity (Wildman–Crippen MR) is 75.6 cm³/mol. The van der Waals surface area contributed by atoms with Gasteiger partial charge in [-0.15, -0.1) is 0 Å². The summed E-state index contributed by atoms with van der Waals surface area (Å²) in [6.45, 7) is 2.96. The molecule has 2 rings (SSSR count). The molecule has 0 amide bonds. The Morgan fingerprint density at radius 3 is 2.56 bits per heavy atom. The van der Waals surface area contributed by atoms with E-state index in [4.69, 9.17) is 0 Å². The normalized spacial score (nSPS) is 19.9. The fraction of sp³-hybridized carbons (Fsp3) is 0.625. The Morgan fingerprint density at radius 2 is 1.89 bits per heavy atom. The molecule has 2 nitrogen and oxygen atoms in total. The molecule has 2 heteroatoms. The summed E-state index contributed by atoms with van der Waals surface area (Å²) in [5.41, 5.74) is 0.965. The van der Waals surface area contributed by atoms with E-state index in [0.29, 0.717) is 6.04 Å². The Bertz CT molecular complexity index is 343. The Labute approximate surface area is 110 Å². The number of hydrogen-bond acceptors (Lipinski definition) is 2. The SMILES string of the molecule is CC(CCc1ccccc1)NCC1(O)CCCC1. The van der Waals surface area contributed by atoms with E-state index in [1.54, 1.807) is 0 Å². The van der Waals surface area contributed by atoms with E-state index < -0.39 is 5.60 Å². The zero-order chi connectivity index (χ0) is 12.8. The Kier molecular flexibility index (Phi) is 4.79. The van der Waals surface area contributed by atoms with Gasteiger partial charge in [0.25, 0.3) is 0 Å². The zero-order valence-electron chi connectivity index (χ0n) is 11.4. The standard InChI is InChI=1S/C16H25NO/c1-14(9-10-15-7-3-2-4-8-15)17-13-16(18)11-5-6-12-16/h2-4,7-8,14,17-18H,5-6,9-13H2,1H3. The van der Waals surface area contributed by atoms with Gasteiger partial charge in [-0.25, -0.2) is 0 Å². The van der Waals surface area contributed by atoms with Gasteiger partial charge in [0.05, 0.1) is 5.60 Å². The van der Waals surface area contributed by atoms with Crippen LogP contribution in [0.25, 0.3) is 0 Å². The van der Waals surface area contributed by atoms with E-state index in [9.17, 15) is 5.11 Å². The minimum atomic E-state index is -0.430. The van der Waals surface area contributed by atoms with Gasteiger partial charge in [0, 0.05) is 12.6 Å². The molecule has 0 spiro atoms. The second kappa shape index (κ2) is 6.35. The van der Waals surface area contributed by atoms with Crippen molar-refractivity contribution in [1.82, 2.24) is 5.32 Å². The van der Waals surface area contributed by atoms with E-state index in [1.807, 2.05) is 0 Å². The first-order valence-electron chi connectivity index (χ1n) is 7.18. The second-order valence-electron chi connectivity index (χ2n) is 5.74. The first-order valence-corrected chi connectivity index (χ1v) is 7.18. The first-order chi connectivity index (χ1) is 8.68. The molecular formula is C16H25NO. The lowest BCUT2D eigenvalue weighted by atomic mass is 10.0. The molecule has 0 saturated heterocycles. The number of benzene rings is 1. The maximum absolute atomic E-state index is 10.3. The molecular weight excluding hydrogens is 222 g/mol. The van der Waals surface area contributed by atoms with E-state index in [2.05, 4.69) is 42.6 Å². The maximum atomic E-state index is 10.3. The Morgan fingerprint density at radius 1 is 1.22 bits per heavy atom. The summed E-state index contributed by atoms with van der Waals surface area (Å²) in [7, 11) is 0. The van der Waals surface area contributed by atoms with Gasteiger partial charge in [0.2, 0.25) is 0 Å². The molecule has 1 aliphatic carbocycles. The van der Waals surface area contributed by atoms with Crippen molar-refractivity contribution in [2.45, 2.75) is 57.1 Å². The maximum Gasteiger partial charge on any atom is 0.0771 e. The van der Waals surface area contributed by atoms with Crippen LogP contribution in [-0.4, -0.2) is 23.3 Å². The molecule has 1 aliphatic rings. The van der Waals surface area contributed by atoms with Gasteiger partial charge in [-0.1, -0.05) is 43.2 Å². The summed E-state index contributed by atoms with van der Waals surface area (Å²) in [5, 5.41) is 13.7. The van der Waals surface area contributed by atoms with Crippen LogP contribution in [0.3, 0.4) is 0 Å². The highest BCUT2D eigenvalue weighted by Gasteiger charge is 2.30. The second-order valence-corrected chi connectivity index (χ2v) is 5.74. The van der Waals surface area contributed by atoms with Crippen LogP contribution >= 0.6 is 0 Å². The van der Waals surface area contributed by atoms with Crippen LogP contribution in [0.1, 0.15) is 44.6 Å². The van der Waals surface area contributed by atoms with Crippen LogP contribution in [0.5, 0.6) is 0 Å². The molecule has 1 saturated carbocycles. The molecule has 1 fully saturated rings. The highest BCUT2D eigenvalue weighted by molar-refractivity contribution is 5.14. The third-order valence-corrected chi connectivity index (χ3v) is 4.02. The van der Waals surface area contributed by atoms with Gasteiger partial charge in [-0.2, -0.15) is 0 Å². The fourth-order valence-electron chi connectivity index (χ4n) is 2.70. The van der Waals surface area contributed by atoms with Crippen LogP contribution in [0.15, 0.2) is 30.3 Å². The highest BCUT2D eigenvalue weighted by atomic mass is 16.3. The largest absolute Gasteiger partial charge is 0.389 e. The van der Waals surface area contributed by atoms with Gasteiger partial charge in [-0.3, -0.25) is 0 Å². The zero-order valence-corrected chi connectivity index (χ0v) is 11.4. The Balaban J connectivity index is 1.67. The number of hydrogen-bond donors (Lipinski definition) is 2. The average molecular weight is 247 g/mol. The predicted octanol–water partition coefficient (Wildman–Crippen LogP) is 2.90. The number of nitrogens with one attached hydrogen (secondary N) is 1. The van der Waals surface area contributed by atoms with Crippen LogP contribution in [0.2, 0.25) is 0 Å². The van der Waals surface area contributed by atoms with Crippen LogP contribution in [0.4, 0.5) is 0 Å². The molecule has 0 aromatic heterocycles. The van der Waals surface area contributed by atoms with Crippen molar-refractivity contribution in [3.8, 4) is 0 Å². The molecule has 0 bridgehead atoms. The number of aliphatic hydroxyl groups is 1. The third-order valence-electron chi connectivity index (χ3n) is 4.02. The Hall–Kier alpha value is -0.860. The molecule has 100 valence electrons. The molecule has 18 heavy (non-hydrogen) atoms. The number of rotatable bonds is 6. The number of aryl methyl sites for hydroxylation is 1. The van der Waals surface area contributed by atoms with Crippen LogP contribution < -0.4 is 5.32 Å². The molecule has 1 aromatic rings. The van der Waals surface area contributed by atoms with Crippen LogP contribution in [0, 0.1) is 0 Å². The molecule has 0 radical (unpaired) electrons. The molecule has 1 unspecified atom stereocenters. The molecule has 0 aliphatic heterocycles. The lowest BCUT2D eigenvalue weighted by molar-refractivity contribution is 0.0451. The summed E-state index contributed by atoms with van der Waals surface area (Å²) in [5.74, 6) is 0. The van der Waals surface area contributed by atoms with E-state index >= 15 is 0 Å². The third kappa shape index (κ3) is 4.11. The minimum Gasteiger partial charge on any atom is -0.389 e. The average Bonchev–Trinajstić information content (AvgIpc) is 2.83. The monoisotopic (exact) mass is 247 g/mol.